The summed E-state index contributed by atoms with van der Waals surface area (Å²) < 4.78 is -0.993. The van der Waals surface area contributed by atoms with Crippen LogP contribution in [0.3, 0.4) is 0 Å². The second-order valence-electron chi connectivity index (χ2n) is 14.8. The van der Waals surface area contributed by atoms with Crippen molar-refractivity contribution in [2.45, 2.75) is 83.5 Å². The van der Waals surface area contributed by atoms with Crippen molar-refractivity contribution in [3.63, 3.8) is 0 Å². The van der Waals surface area contributed by atoms with Crippen molar-refractivity contribution in [1.82, 2.24) is 10.6 Å². The normalized spacial score (nSPS) is 13.5. The van der Waals surface area contributed by atoms with Gasteiger partial charge in [0.05, 0.1) is 4.92 Å². The van der Waals surface area contributed by atoms with E-state index in [2.05, 4.69) is 21.3 Å². The SMILES string of the molecule is CC(C)CC(NC(=O)Cc1ccc(N/C(=C/[N+](=O)[O-])Nc2ccccc2)cc1)C(=O)NC(Cc1ccccc1CC([As]C(=O)CC(C)(C)C)C(=O)O)C(=O)O. The number of nitro groups is 1. The van der Waals surface area contributed by atoms with E-state index in [4.69, 9.17) is 0 Å². The van der Waals surface area contributed by atoms with Crippen molar-refractivity contribution in [2.24, 2.45) is 11.3 Å². The molecule has 0 heterocycles. The molecule has 3 unspecified atom stereocenters. The van der Waals surface area contributed by atoms with Gasteiger partial charge in [-0.3, -0.25) is 10.1 Å². The first-order chi connectivity index (χ1) is 25.9. The van der Waals surface area contributed by atoms with Gasteiger partial charge in [0.2, 0.25) is 0 Å². The minimum atomic E-state index is -1.38. The molecule has 14 nitrogen and oxygen atoms in total. The van der Waals surface area contributed by atoms with E-state index in [1.54, 1.807) is 72.8 Å². The standard InChI is InChI=1S/C40H49AsN5O9/c1-25(2)19-32(44-36(48)20-26-15-17-30(18-16-26)43-35(24-46(54)55)42-29-13-7-6-8-14-29)37(49)45-33(39(52)53)22-28-12-10-9-11-27(28)21-31(38(50)51)41-34(47)23-40(3,4)5/h6-18,24-25,31-33,42-43H,19-23H2,1-5H3,(H,44,48)(H,45,49)(H,50,51)(H,52,53)/b35-24+. The molecule has 0 saturated carbocycles. The van der Waals surface area contributed by atoms with Crippen LogP contribution >= 0.6 is 0 Å². The van der Waals surface area contributed by atoms with Gasteiger partial charge >= 0.3 is 219 Å². The molecule has 0 aromatic heterocycles. The van der Waals surface area contributed by atoms with Gasteiger partial charge in [-0.05, 0) is 29.8 Å². The third-order valence-electron chi connectivity index (χ3n) is 8.08. The predicted molar refractivity (Wildman–Crippen MR) is 210 cm³/mol. The molecule has 15 heteroatoms. The molecule has 0 bridgehead atoms. The minimum absolute atomic E-state index is 0.0342. The number of aliphatic carboxylic acids is 2. The van der Waals surface area contributed by atoms with Gasteiger partial charge in [-0.1, -0.05) is 30.3 Å². The maximum atomic E-state index is 13.5. The fraction of sp³-hybridized carbons (Fsp3) is 0.375. The van der Waals surface area contributed by atoms with Crippen molar-refractivity contribution in [2.75, 3.05) is 10.6 Å². The third-order valence-corrected chi connectivity index (χ3v) is 10.5. The first-order valence-electron chi connectivity index (χ1n) is 17.8. The predicted octanol–water partition coefficient (Wildman–Crippen LogP) is 5.25. The monoisotopic (exact) mass is 818 g/mol. The van der Waals surface area contributed by atoms with Gasteiger partial charge in [-0.15, -0.1) is 0 Å². The van der Waals surface area contributed by atoms with Crippen molar-refractivity contribution >= 4 is 55.5 Å². The first-order valence-corrected chi connectivity index (χ1v) is 19.8. The fourth-order valence-corrected chi connectivity index (χ4v) is 8.34. The Kier molecular flexibility index (Phi) is 16.6. The van der Waals surface area contributed by atoms with Gasteiger partial charge in [-0.25, -0.2) is 0 Å². The second-order valence-corrected chi connectivity index (χ2v) is 17.7. The Morgan fingerprint density at radius 2 is 1.35 bits per heavy atom. The quantitative estimate of drug-likeness (QED) is 0.0463. The number of amides is 2. The fourth-order valence-electron chi connectivity index (χ4n) is 5.59. The summed E-state index contributed by atoms with van der Waals surface area (Å²) in [5, 5.41) is 42.5. The van der Waals surface area contributed by atoms with Gasteiger partial charge in [0.15, 0.2) is 5.82 Å². The number of carboxylic acids is 2. The number of nitrogens with zero attached hydrogens (tertiary/aromatic N) is 1. The molecular weight excluding hydrogens is 769 g/mol. The molecule has 0 aliphatic carbocycles. The van der Waals surface area contributed by atoms with Gasteiger partial charge in [-0.2, -0.15) is 0 Å². The van der Waals surface area contributed by atoms with Crippen LogP contribution in [0, 0.1) is 21.4 Å². The number of carboxylic acid groups (broad SMARTS) is 2. The molecule has 0 aliphatic heterocycles. The molecule has 6 N–H and O–H groups in total. The van der Waals surface area contributed by atoms with Crippen molar-refractivity contribution in [3.05, 3.63) is 118 Å². The van der Waals surface area contributed by atoms with E-state index in [0.29, 0.717) is 28.1 Å². The molecule has 0 saturated heterocycles. The van der Waals surface area contributed by atoms with Crippen LogP contribution in [0.5, 0.6) is 0 Å². The topological polar surface area (TPSA) is 217 Å². The molecule has 55 heavy (non-hydrogen) atoms. The van der Waals surface area contributed by atoms with Gasteiger partial charge < -0.3 is 10.6 Å². The Morgan fingerprint density at radius 3 is 1.87 bits per heavy atom. The van der Waals surface area contributed by atoms with Gasteiger partial charge in [0, 0.05) is 11.4 Å². The molecular formula is C40H49AsN5O9. The Balaban J connectivity index is 1.68. The molecule has 2 amide bonds. The van der Waals surface area contributed by atoms with E-state index in [1.165, 1.54) is 0 Å². The Hall–Kier alpha value is -5.49. The average Bonchev–Trinajstić information content (AvgIpc) is 3.08. The van der Waals surface area contributed by atoms with Crippen molar-refractivity contribution in [1.29, 1.82) is 0 Å². The summed E-state index contributed by atoms with van der Waals surface area (Å²) in [5.41, 5.74) is 2.61. The number of benzene rings is 3. The van der Waals surface area contributed by atoms with Crippen LogP contribution in [-0.2, 0) is 43.2 Å². The van der Waals surface area contributed by atoms with Gasteiger partial charge in [0.1, 0.15) is 0 Å². The van der Waals surface area contributed by atoms with E-state index in [1.807, 2.05) is 40.7 Å². The summed E-state index contributed by atoms with van der Waals surface area (Å²) in [4.78, 5) is 74.6. The van der Waals surface area contributed by atoms with Crippen LogP contribution in [0.1, 0.15) is 64.2 Å². The molecule has 3 aromatic rings. The molecule has 0 fully saturated rings. The summed E-state index contributed by atoms with van der Waals surface area (Å²) in [7, 11) is 0. The Bertz CT molecular complexity index is 1840. The van der Waals surface area contributed by atoms with E-state index < -0.39 is 61.2 Å². The molecule has 0 aliphatic rings. The van der Waals surface area contributed by atoms with Crippen LogP contribution in [0.4, 0.5) is 11.4 Å². The molecule has 3 aromatic carbocycles. The summed E-state index contributed by atoms with van der Waals surface area (Å²) in [6.45, 7) is 9.47. The number of hydrogen-bond donors (Lipinski definition) is 6. The number of rotatable bonds is 21. The number of para-hydroxylation sites is 1. The van der Waals surface area contributed by atoms with Crippen LogP contribution in [0.25, 0.3) is 0 Å². The maximum absolute atomic E-state index is 13.5. The van der Waals surface area contributed by atoms with Gasteiger partial charge in [0.25, 0.3) is 6.20 Å². The average molecular weight is 819 g/mol. The first kappa shape index (κ1) is 43.9. The van der Waals surface area contributed by atoms with Crippen molar-refractivity contribution < 1.29 is 39.1 Å². The summed E-state index contributed by atoms with van der Waals surface area (Å²) in [6, 6.07) is 19.9. The molecule has 1 radical (unpaired) electrons. The third kappa shape index (κ3) is 16.2. The Labute approximate surface area is 327 Å². The Morgan fingerprint density at radius 1 is 0.782 bits per heavy atom. The van der Waals surface area contributed by atoms with Crippen molar-refractivity contribution in [3.8, 4) is 0 Å². The second kappa shape index (κ2) is 20.8. The number of anilines is 2. The molecule has 293 valence electrons. The summed E-state index contributed by atoms with van der Waals surface area (Å²) in [6.07, 6.45) is 1.11. The van der Waals surface area contributed by atoms with E-state index >= 15 is 0 Å². The molecule has 3 rings (SSSR count). The summed E-state index contributed by atoms with van der Waals surface area (Å²) >= 11 is -1.18. The molecule has 0 spiro atoms. The van der Waals surface area contributed by atoms with E-state index in [-0.39, 0.29) is 53.8 Å². The zero-order chi connectivity index (χ0) is 40.7. The molecule has 3 atom stereocenters. The zero-order valence-corrected chi connectivity index (χ0v) is 33.5. The van der Waals surface area contributed by atoms with Crippen LogP contribution in [0.15, 0.2) is 90.9 Å². The zero-order valence-electron chi connectivity index (χ0n) is 31.6. The van der Waals surface area contributed by atoms with Crippen LogP contribution < -0.4 is 21.3 Å². The number of nitrogens with one attached hydrogen (secondary N) is 4. The number of carbonyl (C=O) groups excluding carboxylic acids is 3. The van der Waals surface area contributed by atoms with E-state index in [9.17, 15) is 44.3 Å². The van der Waals surface area contributed by atoms with Crippen LogP contribution in [0.2, 0.25) is 4.71 Å². The van der Waals surface area contributed by atoms with Crippen LogP contribution in [-0.4, -0.2) is 71.3 Å². The number of carbonyl (C=O) groups is 5. The summed E-state index contributed by atoms with van der Waals surface area (Å²) in [5.74, 6) is -3.45. The van der Waals surface area contributed by atoms with E-state index in [0.717, 1.165) is 6.20 Å². The number of hydrogen-bond acceptors (Lipinski definition) is 9.